The lowest BCUT2D eigenvalue weighted by Crippen LogP contribution is -2.18. The summed E-state index contributed by atoms with van der Waals surface area (Å²) in [6.45, 7) is 1.81. The summed E-state index contributed by atoms with van der Waals surface area (Å²) < 4.78 is 37.2. The summed E-state index contributed by atoms with van der Waals surface area (Å²) in [5.41, 5.74) is 0.547. The summed E-state index contributed by atoms with van der Waals surface area (Å²) in [5.74, 6) is -0.347. The normalized spacial score (nSPS) is 10.8. The van der Waals surface area contributed by atoms with Crippen LogP contribution in [0.25, 0.3) is 22.0 Å². The molecule has 1 atom stereocenters. The second-order valence-electron chi connectivity index (χ2n) is 6.64. The molecule has 0 saturated carbocycles. The molecular formula is C22H23FNO6P. The van der Waals surface area contributed by atoms with Crippen molar-refractivity contribution in [1.82, 2.24) is 4.57 Å². The first-order valence-electron chi connectivity index (χ1n) is 9.60. The standard InChI is InChI=1S/C22H23FNO6P/c1-3-10-28-18-9-8-17(23)20-21(18)24(13-29-19(25)12-30-31)11-16(22(20)26)14-4-6-15(27-2)7-5-14/h4-9,11H,3,10,12-13,31H2,1-2H3. The maximum Gasteiger partial charge on any atom is 0.334 e. The molecule has 0 aliphatic rings. The molecule has 2 aromatic carbocycles. The van der Waals surface area contributed by atoms with Crippen molar-refractivity contribution >= 4 is 26.3 Å². The first-order chi connectivity index (χ1) is 15.0. The van der Waals surface area contributed by atoms with Crippen LogP contribution < -0.4 is 14.9 Å². The van der Waals surface area contributed by atoms with Crippen LogP contribution in [0.5, 0.6) is 11.5 Å². The van der Waals surface area contributed by atoms with Crippen LogP contribution >= 0.6 is 9.47 Å². The Balaban J connectivity index is 2.21. The highest BCUT2D eigenvalue weighted by atomic mass is 31.0. The number of carbonyl (C=O) groups is 1. The van der Waals surface area contributed by atoms with E-state index in [-0.39, 0.29) is 29.8 Å². The number of pyridine rings is 1. The number of aromatic nitrogens is 1. The lowest BCUT2D eigenvalue weighted by atomic mass is 10.0. The summed E-state index contributed by atoms with van der Waals surface area (Å²) in [6.07, 6.45) is 2.26. The number of hydrogen-bond donors (Lipinski definition) is 0. The van der Waals surface area contributed by atoms with Crippen LogP contribution in [0.2, 0.25) is 0 Å². The molecule has 1 unspecified atom stereocenters. The van der Waals surface area contributed by atoms with Gasteiger partial charge in [-0.2, -0.15) is 0 Å². The second-order valence-corrected chi connectivity index (χ2v) is 6.98. The Bertz CT molecular complexity index is 1130. The third-order valence-corrected chi connectivity index (χ3v) is 4.73. The minimum absolute atomic E-state index is 0.139. The summed E-state index contributed by atoms with van der Waals surface area (Å²) in [4.78, 5) is 25.1. The Labute approximate surface area is 181 Å². The lowest BCUT2D eigenvalue weighted by molar-refractivity contribution is -0.149. The Morgan fingerprint density at radius 2 is 1.90 bits per heavy atom. The van der Waals surface area contributed by atoms with Gasteiger partial charge < -0.3 is 23.3 Å². The van der Waals surface area contributed by atoms with Gasteiger partial charge in [0.2, 0.25) is 0 Å². The van der Waals surface area contributed by atoms with Gasteiger partial charge >= 0.3 is 5.97 Å². The minimum Gasteiger partial charge on any atom is -0.497 e. The molecule has 1 heterocycles. The van der Waals surface area contributed by atoms with Crippen LogP contribution in [0.3, 0.4) is 0 Å². The molecular weight excluding hydrogens is 424 g/mol. The number of carbonyl (C=O) groups excluding carboxylic acids is 1. The number of esters is 1. The van der Waals surface area contributed by atoms with Gasteiger partial charge in [0.05, 0.1) is 19.1 Å². The van der Waals surface area contributed by atoms with Crippen molar-refractivity contribution in [3.05, 3.63) is 58.6 Å². The van der Waals surface area contributed by atoms with Gasteiger partial charge in [0.15, 0.2) is 12.2 Å². The fourth-order valence-corrected chi connectivity index (χ4v) is 3.26. The molecule has 31 heavy (non-hydrogen) atoms. The van der Waals surface area contributed by atoms with Crippen LogP contribution in [-0.2, 0) is 20.8 Å². The van der Waals surface area contributed by atoms with E-state index >= 15 is 0 Å². The zero-order chi connectivity index (χ0) is 22.4. The molecule has 0 bridgehead atoms. The van der Waals surface area contributed by atoms with Gasteiger partial charge in [-0.1, -0.05) is 19.1 Å². The molecule has 0 amide bonds. The molecule has 3 rings (SSSR count). The molecule has 0 saturated heterocycles. The molecule has 0 aliphatic heterocycles. The molecule has 7 nitrogen and oxygen atoms in total. The molecule has 0 N–H and O–H groups in total. The van der Waals surface area contributed by atoms with E-state index in [2.05, 4.69) is 0 Å². The quantitative estimate of drug-likeness (QED) is 0.366. The number of rotatable bonds is 9. The van der Waals surface area contributed by atoms with E-state index in [1.54, 1.807) is 24.3 Å². The number of fused-ring (bicyclic) bond motifs is 1. The zero-order valence-corrected chi connectivity index (χ0v) is 18.4. The third-order valence-electron chi connectivity index (χ3n) is 4.56. The van der Waals surface area contributed by atoms with E-state index < -0.39 is 17.2 Å². The summed E-state index contributed by atoms with van der Waals surface area (Å²) in [6, 6.07) is 9.48. The molecule has 0 radical (unpaired) electrons. The van der Waals surface area contributed by atoms with Crippen LogP contribution in [-0.4, -0.2) is 30.9 Å². The predicted octanol–water partition coefficient (Wildman–Crippen LogP) is 3.91. The minimum atomic E-state index is -0.687. The lowest BCUT2D eigenvalue weighted by Gasteiger charge is -2.17. The smallest absolute Gasteiger partial charge is 0.334 e. The van der Waals surface area contributed by atoms with E-state index in [4.69, 9.17) is 18.7 Å². The Morgan fingerprint density at radius 1 is 1.16 bits per heavy atom. The monoisotopic (exact) mass is 447 g/mol. The van der Waals surface area contributed by atoms with E-state index in [0.717, 1.165) is 6.42 Å². The molecule has 0 spiro atoms. The summed E-state index contributed by atoms with van der Waals surface area (Å²) >= 11 is 0. The SMILES string of the molecule is CCCOc1ccc(F)c2c(=O)c(-c3ccc(OC)cc3)cn(COC(=O)COP)c12. The molecule has 3 aromatic rings. The highest BCUT2D eigenvalue weighted by Gasteiger charge is 2.19. The Kier molecular flexibility index (Phi) is 7.60. The molecule has 0 fully saturated rings. The van der Waals surface area contributed by atoms with Crippen molar-refractivity contribution in [2.24, 2.45) is 0 Å². The number of methoxy groups -OCH3 is 1. The first kappa shape index (κ1) is 22.7. The third kappa shape index (κ3) is 5.03. The molecule has 0 aliphatic carbocycles. The highest BCUT2D eigenvalue weighted by molar-refractivity contribution is 7.09. The van der Waals surface area contributed by atoms with Gasteiger partial charge in [0.25, 0.3) is 0 Å². The maximum absolute atomic E-state index is 14.8. The highest BCUT2D eigenvalue weighted by Crippen LogP contribution is 2.30. The van der Waals surface area contributed by atoms with Crippen LogP contribution in [0.1, 0.15) is 13.3 Å². The average molecular weight is 447 g/mol. The van der Waals surface area contributed by atoms with Crippen LogP contribution in [0.4, 0.5) is 4.39 Å². The van der Waals surface area contributed by atoms with E-state index in [1.807, 2.05) is 16.4 Å². The van der Waals surface area contributed by atoms with Crippen molar-refractivity contribution in [2.45, 2.75) is 20.1 Å². The van der Waals surface area contributed by atoms with Crippen LogP contribution in [0, 0.1) is 5.82 Å². The average Bonchev–Trinajstić information content (AvgIpc) is 2.78. The van der Waals surface area contributed by atoms with E-state index in [1.165, 1.54) is 30.0 Å². The fraction of sp³-hybridized carbons (Fsp3) is 0.273. The first-order valence-corrected chi connectivity index (χ1v) is 10.1. The summed E-state index contributed by atoms with van der Waals surface area (Å²) in [7, 11) is 3.51. The van der Waals surface area contributed by atoms with Crippen molar-refractivity contribution in [3.63, 3.8) is 0 Å². The largest absolute Gasteiger partial charge is 0.497 e. The van der Waals surface area contributed by atoms with Gasteiger partial charge in [-0.25, -0.2) is 9.18 Å². The fourth-order valence-electron chi connectivity index (χ4n) is 3.12. The number of benzene rings is 2. The van der Waals surface area contributed by atoms with Gasteiger partial charge in [-0.15, -0.1) is 0 Å². The number of hydrogen-bond acceptors (Lipinski definition) is 6. The molecule has 1 aromatic heterocycles. The van der Waals surface area contributed by atoms with Gasteiger partial charge in [0.1, 0.15) is 29.4 Å². The number of ether oxygens (including phenoxy) is 3. The maximum atomic E-state index is 14.8. The van der Waals surface area contributed by atoms with E-state index in [9.17, 15) is 14.0 Å². The van der Waals surface area contributed by atoms with Gasteiger partial charge in [-0.05, 0) is 36.2 Å². The van der Waals surface area contributed by atoms with Crippen molar-refractivity contribution in [1.29, 1.82) is 0 Å². The van der Waals surface area contributed by atoms with E-state index in [0.29, 0.717) is 23.7 Å². The van der Waals surface area contributed by atoms with Gasteiger partial charge in [-0.3, -0.25) is 4.79 Å². The molecule has 164 valence electrons. The summed E-state index contributed by atoms with van der Waals surface area (Å²) in [5, 5.41) is -0.139. The topological polar surface area (TPSA) is 76.0 Å². The zero-order valence-electron chi connectivity index (χ0n) is 17.2. The second kappa shape index (κ2) is 10.4. The Morgan fingerprint density at radius 3 is 2.55 bits per heavy atom. The molecule has 9 heteroatoms. The van der Waals surface area contributed by atoms with Crippen LogP contribution in [0.15, 0.2) is 47.4 Å². The van der Waals surface area contributed by atoms with Crippen molar-refractivity contribution in [2.75, 3.05) is 20.3 Å². The number of halogens is 1. The van der Waals surface area contributed by atoms with Crippen molar-refractivity contribution in [3.8, 4) is 22.6 Å². The predicted molar refractivity (Wildman–Crippen MR) is 118 cm³/mol. The van der Waals surface area contributed by atoms with Crippen molar-refractivity contribution < 1.29 is 27.9 Å². The number of nitrogens with zero attached hydrogens (tertiary/aromatic N) is 1. The Hall–Kier alpha value is -2.96. The van der Waals surface area contributed by atoms with Gasteiger partial charge in [0, 0.05) is 21.2 Å².